The lowest BCUT2D eigenvalue weighted by atomic mass is 9.95. The molecule has 1 aromatic carbocycles. The molecule has 0 atom stereocenters. The van der Waals surface area contributed by atoms with Crippen molar-refractivity contribution in [3.05, 3.63) is 35.4 Å². The molecule has 1 rings (SSSR count). The Morgan fingerprint density at radius 2 is 1.70 bits per heavy atom. The standard InChI is InChI=1S/C17H31N3/c1-17(2,3)14-20(10-9-19(4)5)13-16-8-6-7-15(11-16)12-18/h6-8,11H,9-10,12-14,18H2,1-5H3. The first-order valence-corrected chi connectivity index (χ1v) is 7.45. The van der Waals surface area contributed by atoms with Crippen LogP contribution in [0.15, 0.2) is 24.3 Å². The summed E-state index contributed by atoms with van der Waals surface area (Å²) in [6.07, 6.45) is 0. The third kappa shape index (κ3) is 7.04. The molecule has 0 heterocycles. The number of nitrogens with zero attached hydrogens (tertiary/aromatic N) is 2. The topological polar surface area (TPSA) is 32.5 Å². The van der Waals surface area contributed by atoms with Gasteiger partial charge in [-0.25, -0.2) is 0 Å². The highest BCUT2D eigenvalue weighted by molar-refractivity contribution is 5.23. The van der Waals surface area contributed by atoms with Gasteiger partial charge in [0.15, 0.2) is 0 Å². The molecule has 114 valence electrons. The predicted molar refractivity (Wildman–Crippen MR) is 87.6 cm³/mol. The van der Waals surface area contributed by atoms with Gasteiger partial charge in [-0.2, -0.15) is 0 Å². The number of rotatable bonds is 7. The van der Waals surface area contributed by atoms with Gasteiger partial charge in [0.25, 0.3) is 0 Å². The Hall–Kier alpha value is -0.900. The number of hydrogen-bond acceptors (Lipinski definition) is 3. The monoisotopic (exact) mass is 277 g/mol. The zero-order valence-corrected chi connectivity index (χ0v) is 13.8. The first kappa shape index (κ1) is 17.2. The Bertz CT molecular complexity index is 393. The third-order valence-electron chi connectivity index (χ3n) is 3.19. The summed E-state index contributed by atoms with van der Waals surface area (Å²) < 4.78 is 0. The van der Waals surface area contributed by atoms with E-state index in [1.54, 1.807) is 0 Å². The molecule has 0 saturated heterocycles. The van der Waals surface area contributed by atoms with Crippen LogP contribution in [0.2, 0.25) is 0 Å². The van der Waals surface area contributed by atoms with Crippen molar-refractivity contribution < 1.29 is 0 Å². The minimum absolute atomic E-state index is 0.317. The van der Waals surface area contributed by atoms with E-state index in [2.05, 4.69) is 68.9 Å². The van der Waals surface area contributed by atoms with Crippen molar-refractivity contribution >= 4 is 0 Å². The van der Waals surface area contributed by atoms with Gasteiger partial charge in [0.05, 0.1) is 0 Å². The van der Waals surface area contributed by atoms with Crippen LogP contribution in [-0.2, 0) is 13.1 Å². The van der Waals surface area contributed by atoms with E-state index in [9.17, 15) is 0 Å². The minimum Gasteiger partial charge on any atom is -0.326 e. The van der Waals surface area contributed by atoms with Crippen LogP contribution in [0.3, 0.4) is 0 Å². The predicted octanol–water partition coefficient (Wildman–Crippen LogP) is 2.56. The van der Waals surface area contributed by atoms with Gasteiger partial charge in [-0.15, -0.1) is 0 Å². The zero-order valence-electron chi connectivity index (χ0n) is 13.8. The fourth-order valence-electron chi connectivity index (χ4n) is 2.34. The fourth-order valence-corrected chi connectivity index (χ4v) is 2.34. The molecule has 3 nitrogen and oxygen atoms in total. The molecule has 0 saturated carbocycles. The van der Waals surface area contributed by atoms with E-state index in [0.717, 1.165) is 26.2 Å². The lowest BCUT2D eigenvalue weighted by molar-refractivity contribution is 0.169. The summed E-state index contributed by atoms with van der Waals surface area (Å²) in [5.41, 5.74) is 8.62. The molecule has 0 aromatic heterocycles. The average Bonchev–Trinajstić information content (AvgIpc) is 2.34. The highest BCUT2D eigenvalue weighted by atomic mass is 15.2. The van der Waals surface area contributed by atoms with Gasteiger partial charge in [-0.3, -0.25) is 4.90 Å². The highest BCUT2D eigenvalue weighted by Crippen LogP contribution is 2.17. The first-order chi connectivity index (χ1) is 9.30. The van der Waals surface area contributed by atoms with Crippen molar-refractivity contribution in [3.8, 4) is 0 Å². The molecule has 0 bridgehead atoms. The Kier molecular flexibility index (Phi) is 6.66. The van der Waals surface area contributed by atoms with Gasteiger partial charge in [-0.1, -0.05) is 45.0 Å². The molecule has 0 spiro atoms. The smallest absolute Gasteiger partial charge is 0.0234 e. The molecule has 20 heavy (non-hydrogen) atoms. The van der Waals surface area contributed by atoms with E-state index in [4.69, 9.17) is 5.73 Å². The van der Waals surface area contributed by atoms with E-state index in [1.807, 2.05) is 0 Å². The maximum Gasteiger partial charge on any atom is 0.0234 e. The highest BCUT2D eigenvalue weighted by Gasteiger charge is 2.16. The van der Waals surface area contributed by atoms with Gasteiger partial charge in [0.2, 0.25) is 0 Å². The Morgan fingerprint density at radius 3 is 2.25 bits per heavy atom. The summed E-state index contributed by atoms with van der Waals surface area (Å²) in [6.45, 7) is 11.8. The summed E-state index contributed by atoms with van der Waals surface area (Å²) in [7, 11) is 4.26. The van der Waals surface area contributed by atoms with Crippen LogP contribution in [0, 0.1) is 5.41 Å². The van der Waals surface area contributed by atoms with Crippen LogP contribution in [0.4, 0.5) is 0 Å². The lowest BCUT2D eigenvalue weighted by Gasteiger charge is -2.31. The molecule has 0 aliphatic heterocycles. The molecular weight excluding hydrogens is 246 g/mol. The van der Waals surface area contributed by atoms with Crippen LogP contribution in [-0.4, -0.2) is 43.5 Å². The van der Waals surface area contributed by atoms with Crippen molar-refractivity contribution in [1.29, 1.82) is 0 Å². The number of hydrogen-bond donors (Lipinski definition) is 1. The maximum absolute atomic E-state index is 5.73. The van der Waals surface area contributed by atoms with Crippen LogP contribution in [0.25, 0.3) is 0 Å². The lowest BCUT2D eigenvalue weighted by Crippen LogP contribution is -2.37. The Balaban J connectivity index is 2.71. The second-order valence-corrected chi connectivity index (χ2v) is 7.10. The quantitative estimate of drug-likeness (QED) is 0.831. The summed E-state index contributed by atoms with van der Waals surface area (Å²) in [4.78, 5) is 4.78. The van der Waals surface area contributed by atoms with Crippen LogP contribution in [0.5, 0.6) is 0 Å². The van der Waals surface area contributed by atoms with Gasteiger partial charge < -0.3 is 10.6 Å². The molecule has 0 aliphatic carbocycles. The van der Waals surface area contributed by atoms with Crippen LogP contribution in [0.1, 0.15) is 31.9 Å². The second-order valence-electron chi connectivity index (χ2n) is 7.10. The van der Waals surface area contributed by atoms with E-state index < -0.39 is 0 Å². The second kappa shape index (κ2) is 7.77. The fraction of sp³-hybridized carbons (Fsp3) is 0.647. The average molecular weight is 277 g/mol. The first-order valence-electron chi connectivity index (χ1n) is 7.45. The maximum atomic E-state index is 5.73. The van der Waals surface area contributed by atoms with E-state index in [-0.39, 0.29) is 0 Å². The van der Waals surface area contributed by atoms with Crippen molar-refractivity contribution in [2.75, 3.05) is 33.7 Å². The molecule has 2 N–H and O–H groups in total. The molecule has 1 aromatic rings. The normalized spacial score (nSPS) is 12.4. The SMILES string of the molecule is CN(C)CCN(Cc1cccc(CN)c1)CC(C)(C)C. The molecule has 0 amide bonds. The van der Waals surface area contributed by atoms with Crippen LogP contribution >= 0.6 is 0 Å². The van der Waals surface area contributed by atoms with Gasteiger partial charge in [-0.05, 0) is 30.6 Å². The van der Waals surface area contributed by atoms with Gasteiger partial charge in [0.1, 0.15) is 0 Å². The number of likely N-dealkylation sites (N-methyl/N-ethyl adjacent to an activating group) is 1. The molecular formula is C17H31N3. The largest absolute Gasteiger partial charge is 0.326 e. The molecule has 0 radical (unpaired) electrons. The van der Waals surface area contributed by atoms with Crippen molar-refractivity contribution in [1.82, 2.24) is 9.80 Å². The molecule has 0 fully saturated rings. The van der Waals surface area contributed by atoms with Gasteiger partial charge >= 0.3 is 0 Å². The summed E-state index contributed by atoms with van der Waals surface area (Å²) in [5.74, 6) is 0. The molecule has 0 aliphatic rings. The summed E-state index contributed by atoms with van der Waals surface area (Å²) >= 11 is 0. The van der Waals surface area contributed by atoms with Crippen LogP contribution < -0.4 is 5.73 Å². The Labute approximate surface area is 124 Å². The van der Waals surface area contributed by atoms with Gasteiger partial charge in [0, 0.05) is 32.7 Å². The van der Waals surface area contributed by atoms with E-state index >= 15 is 0 Å². The van der Waals surface area contributed by atoms with E-state index in [1.165, 1.54) is 11.1 Å². The zero-order chi connectivity index (χ0) is 15.2. The number of benzene rings is 1. The minimum atomic E-state index is 0.317. The Morgan fingerprint density at radius 1 is 1.05 bits per heavy atom. The van der Waals surface area contributed by atoms with Crippen molar-refractivity contribution in [2.45, 2.75) is 33.9 Å². The van der Waals surface area contributed by atoms with Crippen molar-refractivity contribution in [2.24, 2.45) is 11.1 Å². The molecule has 0 unspecified atom stereocenters. The van der Waals surface area contributed by atoms with Crippen molar-refractivity contribution in [3.63, 3.8) is 0 Å². The molecule has 3 heteroatoms. The summed E-state index contributed by atoms with van der Waals surface area (Å²) in [5, 5.41) is 0. The summed E-state index contributed by atoms with van der Waals surface area (Å²) in [6, 6.07) is 8.63. The number of nitrogens with two attached hydrogens (primary N) is 1. The van der Waals surface area contributed by atoms with E-state index in [0.29, 0.717) is 12.0 Å². The third-order valence-corrected chi connectivity index (χ3v) is 3.19.